The second-order valence-corrected chi connectivity index (χ2v) is 5.84. The van der Waals surface area contributed by atoms with Crippen LogP contribution >= 0.6 is 22.9 Å². The van der Waals surface area contributed by atoms with E-state index in [1.165, 1.54) is 10.6 Å². The number of fused-ring (bicyclic) bond motifs is 1. The van der Waals surface area contributed by atoms with Gasteiger partial charge in [0.2, 0.25) is 0 Å². The van der Waals surface area contributed by atoms with Gasteiger partial charge in [-0.3, -0.25) is 0 Å². The van der Waals surface area contributed by atoms with E-state index >= 15 is 0 Å². The predicted molar refractivity (Wildman–Crippen MR) is 71.9 cm³/mol. The molecule has 3 rings (SSSR count). The Kier molecular flexibility index (Phi) is 2.90. The van der Waals surface area contributed by atoms with E-state index in [0.717, 1.165) is 28.6 Å². The maximum atomic E-state index is 6.28. The minimum atomic E-state index is 0.207. The van der Waals surface area contributed by atoms with E-state index in [1.807, 2.05) is 18.2 Å². The molecule has 88 valence electrons. The summed E-state index contributed by atoms with van der Waals surface area (Å²) in [6, 6.07) is 8.24. The number of aryl methyl sites for hydroxylation is 1. The summed E-state index contributed by atoms with van der Waals surface area (Å²) >= 11 is 8.04. The van der Waals surface area contributed by atoms with Crippen molar-refractivity contribution in [1.29, 1.82) is 0 Å². The first-order valence-electron chi connectivity index (χ1n) is 5.69. The van der Waals surface area contributed by atoms with Crippen molar-refractivity contribution in [3.8, 4) is 0 Å². The van der Waals surface area contributed by atoms with Crippen molar-refractivity contribution in [2.75, 3.05) is 6.54 Å². The van der Waals surface area contributed by atoms with Gasteiger partial charge < -0.3 is 5.32 Å². The first-order valence-corrected chi connectivity index (χ1v) is 6.89. The van der Waals surface area contributed by atoms with E-state index in [-0.39, 0.29) is 6.04 Å². The fourth-order valence-corrected chi connectivity index (χ4v) is 3.59. The SMILES string of the molecule is Cc1nc2c(s1)C(c1ccccc1Cl)NCC2. The van der Waals surface area contributed by atoms with E-state index in [9.17, 15) is 0 Å². The topological polar surface area (TPSA) is 24.9 Å². The van der Waals surface area contributed by atoms with Crippen LogP contribution in [0, 0.1) is 6.92 Å². The third-order valence-corrected chi connectivity index (χ3v) is 4.45. The molecule has 4 heteroatoms. The standard InChI is InChI=1S/C13H13ClN2S/c1-8-16-11-6-7-15-12(13(11)17-8)9-4-2-3-5-10(9)14/h2-5,12,15H,6-7H2,1H3. The summed E-state index contributed by atoms with van der Waals surface area (Å²) in [5.41, 5.74) is 2.38. The number of rotatable bonds is 1. The van der Waals surface area contributed by atoms with Crippen LogP contribution in [0.5, 0.6) is 0 Å². The van der Waals surface area contributed by atoms with Gasteiger partial charge in [0.25, 0.3) is 0 Å². The monoisotopic (exact) mass is 264 g/mol. The van der Waals surface area contributed by atoms with E-state index in [4.69, 9.17) is 11.6 Å². The summed E-state index contributed by atoms with van der Waals surface area (Å²) in [5, 5.41) is 5.49. The number of hydrogen-bond acceptors (Lipinski definition) is 3. The molecule has 0 fully saturated rings. The molecule has 0 bridgehead atoms. The average molecular weight is 265 g/mol. The summed E-state index contributed by atoms with van der Waals surface area (Å²) in [4.78, 5) is 5.91. The number of benzene rings is 1. The van der Waals surface area contributed by atoms with Crippen molar-refractivity contribution in [3.63, 3.8) is 0 Å². The number of halogens is 1. The molecule has 2 nitrogen and oxygen atoms in total. The smallest absolute Gasteiger partial charge is 0.0900 e. The molecule has 0 saturated heterocycles. The largest absolute Gasteiger partial charge is 0.305 e. The quantitative estimate of drug-likeness (QED) is 0.855. The van der Waals surface area contributed by atoms with E-state index < -0.39 is 0 Å². The first kappa shape index (κ1) is 11.2. The van der Waals surface area contributed by atoms with Crippen molar-refractivity contribution in [3.05, 3.63) is 50.4 Å². The summed E-state index contributed by atoms with van der Waals surface area (Å²) < 4.78 is 0. The van der Waals surface area contributed by atoms with Crippen molar-refractivity contribution < 1.29 is 0 Å². The molecule has 1 aliphatic heterocycles. The molecule has 0 saturated carbocycles. The fourth-order valence-electron chi connectivity index (χ4n) is 2.28. The Bertz CT molecular complexity index is 550. The highest BCUT2D eigenvalue weighted by Crippen LogP contribution is 2.35. The molecular weight excluding hydrogens is 252 g/mol. The highest BCUT2D eigenvalue weighted by Gasteiger charge is 2.25. The highest BCUT2D eigenvalue weighted by molar-refractivity contribution is 7.11. The molecule has 1 aliphatic rings. The molecule has 17 heavy (non-hydrogen) atoms. The minimum absolute atomic E-state index is 0.207. The van der Waals surface area contributed by atoms with Gasteiger partial charge in [-0.05, 0) is 18.6 Å². The number of aromatic nitrogens is 1. The molecule has 2 aromatic rings. The molecule has 1 aromatic carbocycles. The van der Waals surface area contributed by atoms with Gasteiger partial charge in [-0.15, -0.1) is 11.3 Å². The second-order valence-electron chi connectivity index (χ2n) is 4.20. The van der Waals surface area contributed by atoms with Crippen LogP contribution in [-0.2, 0) is 6.42 Å². The minimum Gasteiger partial charge on any atom is -0.305 e. The van der Waals surface area contributed by atoms with Gasteiger partial charge in [0, 0.05) is 22.9 Å². The third kappa shape index (κ3) is 1.99. The van der Waals surface area contributed by atoms with Crippen LogP contribution in [0.4, 0.5) is 0 Å². The summed E-state index contributed by atoms with van der Waals surface area (Å²) in [6.45, 7) is 3.03. The highest BCUT2D eigenvalue weighted by atomic mass is 35.5. The Balaban J connectivity index is 2.09. The maximum absolute atomic E-state index is 6.28. The lowest BCUT2D eigenvalue weighted by Crippen LogP contribution is -2.29. The summed E-state index contributed by atoms with van der Waals surface area (Å²) in [5.74, 6) is 0. The third-order valence-electron chi connectivity index (χ3n) is 3.02. The van der Waals surface area contributed by atoms with Crippen LogP contribution < -0.4 is 5.32 Å². The van der Waals surface area contributed by atoms with Crippen LogP contribution in [0.25, 0.3) is 0 Å². The lowest BCUT2D eigenvalue weighted by Gasteiger charge is -2.24. The molecule has 1 unspecified atom stereocenters. The van der Waals surface area contributed by atoms with Gasteiger partial charge in [0.15, 0.2) is 0 Å². The maximum Gasteiger partial charge on any atom is 0.0900 e. The molecule has 0 amide bonds. The Hall–Kier alpha value is -0.900. The van der Waals surface area contributed by atoms with Crippen LogP contribution in [0.1, 0.15) is 27.2 Å². The number of hydrogen-bond donors (Lipinski definition) is 1. The van der Waals surface area contributed by atoms with Crippen molar-refractivity contribution in [1.82, 2.24) is 10.3 Å². The van der Waals surface area contributed by atoms with Crippen molar-refractivity contribution in [2.24, 2.45) is 0 Å². The van der Waals surface area contributed by atoms with Gasteiger partial charge in [-0.2, -0.15) is 0 Å². The molecule has 0 aliphatic carbocycles. The molecule has 0 spiro atoms. The molecular formula is C13H13ClN2S. The first-order chi connectivity index (χ1) is 8.25. The molecule has 2 heterocycles. The number of nitrogens with zero attached hydrogens (tertiary/aromatic N) is 1. The van der Waals surface area contributed by atoms with Gasteiger partial charge in [-0.25, -0.2) is 4.98 Å². The zero-order valence-corrected chi connectivity index (χ0v) is 11.1. The van der Waals surface area contributed by atoms with E-state index in [1.54, 1.807) is 11.3 Å². The van der Waals surface area contributed by atoms with Crippen molar-refractivity contribution in [2.45, 2.75) is 19.4 Å². The van der Waals surface area contributed by atoms with Crippen LogP contribution in [0.15, 0.2) is 24.3 Å². The fraction of sp³-hybridized carbons (Fsp3) is 0.308. The van der Waals surface area contributed by atoms with Crippen molar-refractivity contribution >= 4 is 22.9 Å². The van der Waals surface area contributed by atoms with Gasteiger partial charge in [-0.1, -0.05) is 29.8 Å². The van der Waals surface area contributed by atoms with Gasteiger partial charge in [0.05, 0.1) is 16.7 Å². The lowest BCUT2D eigenvalue weighted by molar-refractivity contribution is 0.571. The molecule has 1 N–H and O–H groups in total. The lowest BCUT2D eigenvalue weighted by atomic mass is 10.00. The summed E-state index contributed by atoms with van der Waals surface area (Å²) in [7, 11) is 0. The Morgan fingerprint density at radius 2 is 2.24 bits per heavy atom. The van der Waals surface area contributed by atoms with Crippen LogP contribution in [-0.4, -0.2) is 11.5 Å². The second kappa shape index (κ2) is 4.41. The van der Waals surface area contributed by atoms with Gasteiger partial charge in [0.1, 0.15) is 0 Å². The Morgan fingerprint density at radius 1 is 1.41 bits per heavy atom. The van der Waals surface area contributed by atoms with E-state index in [0.29, 0.717) is 0 Å². The van der Waals surface area contributed by atoms with E-state index in [2.05, 4.69) is 23.3 Å². The zero-order chi connectivity index (χ0) is 11.8. The normalized spacial score (nSPS) is 19.1. The number of thiazole rings is 1. The molecule has 1 atom stereocenters. The van der Waals surface area contributed by atoms with Crippen LogP contribution in [0.2, 0.25) is 5.02 Å². The molecule has 1 aromatic heterocycles. The van der Waals surface area contributed by atoms with Crippen LogP contribution in [0.3, 0.4) is 0 Å². The Morgan fingerprint density at radius 3 is 3.06 bits per heavy atom. The predicted octanol–water partition coefficient (Wildman–Crippen LogP) is 3.34. The molecule has 0 radical (unpaired) electrons. The zero-order valence-electron chi connectivity index (χ0n) is 9.53. The summed E-state index contributed by atoms with van der Waals surface area (Å²) in [6.07, 6.45) is 1.01. The number of nitrogens with one attached hydrogen (secondary N) is 1. The Labute approximate surface area is 110 Å². The van der Waals surface area contributed by atoms with Gasteiger partial charge >= 0.3 is 0 Å². The average Bonchev–Trinajstić information content (AvgIpc) is 2.70.